The van der Waals surface area contributed by atoms with E-state index in [2.05, 4.69) is 20.5 Å². The fraction of sp³-hybridized carbons (Fsp3) is 0.222. The molecule has 0 aliphatic carbocycles. The third kappa shape index (κ3) is 3.44. The van der Waals surface area contributed by atoms with Crippen LogP contribution >= 0.6 is 11.8 Å². The van der Waals surface area contributed by atoms with Crippen LogP contribution in [0.3, 0.4) is 0 Å². The molecule has 0 spiro atoms. The minimum Gasteiger partial charge on any atom is -0.480 e. The van der Waals surface area contributed by atoms with E-state index in [9.17, 15) is 18.0 Å². The summed E-state index contributed by atoms with van der Waals surface area (Å²) in [4.78, 5) is 14.2. The summed E-state index contributed by atoms with van der Waals surface area (Å²) >= 11 is 0.867. The van der Waals surface area contributed by atoms with Gasteiger partial charge >= 0.3 is 12.1 Å². The zero-order valence-corrected chi connectivity index (χ0v) is 10.4. The first-order valence-corrected chi connectivity index (χ1v) is 5.87. The number of carboxylic acid groups (broad SMARTS) is 1. The molecule has 106 valence electrons. The van der Waals surface area contributed by atoms with Crippen LogP contribution in [0.4, 0.5) is 13.2 Å². The molecule has 0 unspecified atom stereocenters. The van der Waals surface area contributed by atoms with Gasteiger partial charge in [-0.05, 0) is 34.3 Å². The van der Waals surface area contributed by atoms with Gasteiger partial charge in [0, 0.05) is 6.20 Å². The maximum atomic E-state index is 12.4. The van der Waals surface area contributed by atoms with E-state index in [4.69, 9.17) is 5.11 Å². The Hall–Kier alpha value is -2.17. The summed E-state index contributed by atoms with van der Waals surface area (Å²) in [6, 6.07) is 2.04. The number of aliphatic carboxylic acids is 1. The highest BCUT2D eigenvalue weighted by atomic mass is 32.2. The quantitative estimate of drug-likeness (QED) is 0.910. The normalized spacial score (nSPS) is 11.6. The van der Waals surface area contributed by atoms with Crippen LogP contribution in [0.25, 0.3) is 0 Å². The molecule has 0 saturated carbocycles. The average molecular weight is 305 g/mol. The lowest BCUT2D eigenvalue weighted by atomic mass is 10.3. The van der Waals surface area contributed by atoms with Crippen LogP contribution in [-0.2, 0) is 17.5 Å². The van der Waals surface area contributed by atoms with Crippen LogP contribution in [0.2, 0.25) is 0 Å². The average Bonchev–Trinajstić information content (AvgIpc) is 2.75. The molecule has 2 aromatic heterocycles. The third-order valence-electron chi connectivity index (χ3n) is 2.04. The van der Waals surface area contributed by atoms with Crippen molar-refractivity contribution in [2.75, 3.05) is 0 Å². The first-order chi connectivity index (χ1) is 9.36. The number of hydrogen-bond donors (Lipinski definition) is 1. The molecule has 0 aromatic carbocycles. The Kier molecular flexibility index (Phi) is 3.88. The van der Waals surface area contributed by atoms with E-state index in [1.807, 2.05) is 0 Å². The molecule has 2 heterocycles. The smallest absolute Gasteiger partial charge is 0.417 e. The molecule has 7 nitrogen and oxygen atoms in total. The van der Waals surface area contributed by atoms with Gasteiger partial charge in [0.1, 0.15) is 11.6 Å². The van der Waals surface area contributed by atoms with Gasteiger partial charge in [0.2, 0.25) is 5.16 Å². The number of carbonyl (C=O) groups is 1. The van der Waals surface area contributed by atoms with Crippen molar-refractivity contribution < 1.29 is 23.1 Å². The van der Waals surface area contributed by atoms with Crippen LogP contribution in [-0.4, -0.2) is 36.3 Å². The van der Waals surface area contributed by atoms with Gasteiger partial charge in [0.25, 0.3) is 0 Å². The molecule has 0 amide bonds. The SMILES string of the molecule is O=C(O)Cn1nnnc1Sc1ccc(C(F)(F)F)cn1. The lowest BCUT2D eigenvalue weighted by Gasteiger charge is -2.06. The molecule has 0 atom stereocenters. The lowest BCUT2D eigenvalue weighted by Crippen LogP contribution is -2.11. The molecule has 0 bridgehead atoms. The molecule has 0 fully saturated rings. The minimum absolute atomic E-state index is 0.125. The van der Waals surface area contributed by atoms with E-state index >= 15 is 0 Å². The standard InChI is InChI=1S/C9H6F3N5O2S/c10-9(11,12)5-1-2-6(13-3-5)20-8-14-15-16-17(8)4-7(18)19/h1-3H,4H2,(H,18,19). The predicted octanol–water partition coefficient (Wildman–Crippen LogP) is 1.32. The number of pyridine rings is 1. The fourth-order valence-corrected chi connectivity index (χ4v) is 1.91. The van der Waals surface area contributed by atoms with Gasteiger partial charge in [-0.1, -0.05) is 0 Å². The number of halogens is 3. The zero-order chi connectivity index (χ0) is 14.8. The second-order valence-corrected chi connectivity index (χ2v) is 4.49. The highest BCUT2D eigenvalue weighted by molar-refractivity contribution is 7.99. The molecule has 0 aliphatic rings. The number of tetrazole rings is 1. The first-order valence-electron chi connectivity index (χ1n) is 5.05. The van der Waals surface area contributed by atoms with Gasteiger partial charge in [-0.25, -0.2) is 9.67 Å². The van der Waals surface area contributed by atoms with E-state index in [1.54, 1.807) is 0 Å². The summed E-state index contributed by atoms with van der Waals surface area (Å²) in [7, 11) is 0. The van der Waals surface area contributed by atoms with Crippen LogP contribution < -0.4 is 0 Å². The van der Waals surface area contributed by atoms with Crippen molar-refractivity contribution in [2.45, 2.75) is 22.9 Å². The molecule has 2 aromatic rings. The number of nitrogens with zero attached hydrogens (tertiary/aromatic N) is 5. The first kappa shape index (κ1) is 14.2. The fourth-order valence-electron chi connectivity index (χ4n) is 1.20. The van der Waals surface area contributed by atoms with Crippen molar-refractivity contribution in [1.29, 1.82) is 0 Å². The number of alkyl halides is 3. The third-order valence-corrected chi connectivity index (χ3v) is 2.97. The van der Waals surface area contributed by atoms with Crippen LogP contribution in [0.15, 0.2) is 28.5 Å². The summed E-state index contributed by atoms with van der Waals surface area (Å²) in [5, 5.41) is 19.3. The summed E-state index contributed by atoms with van der Waals surface area (Å²) in [6.45, 7) is -0.448. The Morgan fingerprint density at radius 1 is 1.40 bits per heavy atom. The number of rotatable bonds is 4. The summed E-state index contributed by atoms with van der Waals surface area (Å²) in [5.74, 6) is -1.14. The molecule has 2 rings (SSSR count). The molecular weight excluding hydrogens is 299 g/mol. The minimum atomic E-state index is -4.46. The zero-order valence-electron chi connectivity index (χ0n) is 9.57. The van der Waals surface area contributed by atoms with Crippen molar-refractivity contribution in [2.24, 2.45) is 0 Å². The molecule has 1 N–H and O–H groups in total. The molecule has 11 heteroatoms. The Morgan fingerprint density at radius 2 is 2.15 bits per heavy atom. The second kappa shape index (κ2) is 5.45. The Morgan fingerprint density at radius 3 is 2.70 bits per heavy atom. The van der Waals surface area contributed by atoms with Crippen molar-refractivity contribution in [3.05, 3.63) is 23.9 Å². The molecule has 0 radical (unpaired) electrons. The molecular formula is C9H6F3N5O2S. The van der Waals surface area contributed by atoms with Crippen LogP contribution in [0.5, 0.6) is 0 Å². The van der Waals surface area contributed by atoms with Crippen LogP contribution in [0, 0.1) is 0 Å². The topological polar surface area (TPSA) is 93.8 Å². The Bertz CT molecular complexity index is 613. The Balaban J connectivity index is 2.15. The number of aromatic nitrogens is 5. The van der Waals surface area contributed by atoms with E-state index in [-0.39, 0.29) is 10.2 Å². The lowest BCUT2D eigenvalue weighted by molar-refractivity contribution is -0.138. The molecule has 0 aliphatic heterocycles. The van der Waals surface area contributed by atoms with E-state index in [1.165, 1.54) is 0 Å². The summed E-state index contributed by atoms with van der Waals surface area (Å²) in [5.41, 5.74) is -0.869. The molecule has 20 heavy (non-hydrogen) atoms. The largest absolute Gasteiger partial charge is 0.480 e. The highest BCUT2D eigenvalue weighted by Crippen LogP contribution is 2.30. The van der Waals surface area contributed by atoms with Gasteiger partial charge in [-0.3, -0.25) is 4.79 Å². The van der Waals surface area contributed by atoms with Gasteiger partial charge in [-0.2, -0.15) is 13.2 Å². The maximum absolute atomic E-state index is 12.4. The van der Waals surface area contributed by atoms with Gasteiger partial charge in [0.15, 0.2) is 0 Å². The summed E-state index contributed by atoms with van der Waals surface area (Å²) in [6.07, 6.45) is -3.77. The van der Waals surface area contributed by atoms with E-state index < -0.39 is 24.3 Å². The van der Waals surface area contributed by atoms with Gasteiger partial charge < -0.3 is 5.11 Å². The van der Waals surface area contributed by atoms with Crippen molar-refractivity contribution in [3.8, 4) is 0 Å². The number of carboxylic acids is 1. The Labute approximate surface area is 113 Å². The highest BCUT2D eigenvalue weighted by Gasteiger charge is 2.30. The van der Waals surface area contributed by atoms with Crippen molar-refractivity contribution >= 4 is 17.7 Å². The van der Waals surface area contributed by atoms with Gasteiger partial charge in [0.05, 0.1) is 5.56 Å². The second-order valence-electron chi connectivity index (χ2n) is 3.50. The monoisotopic (exact) mass is 305 g/mol. The van der Waals surface area contributed by atoms with Crippen molar-refractivity contribution in [3.63, 3.8) is 0 Å². The van der Waals surface area contributed by atoms with Crippen LogP contribution in [0.1, 0.15) is 5.56 Å². The van der Waals surface area contributed by atoms with E-state index in [0.29, 0.717) is 6.20 Å². The summed E-state index contributed by atoms with van der Waals surface area (Å²) < 4.78 is 38.1. The number of hydrogen-bond acceptors (Lipinski definition) is 6. The maximum Gasteiger partial charge on any atom is 0.417 e. The molecule has 0 saturated heterocycles. The van der Waals surface area contributed by atoms with E-state index in [0.717, 1.165) is 28.6 Å². The van der Waals surface area contributed by atoms with Crippen molar-refractivity contribution in [1.82, 2.24) is 25.2 Å². The van der Waals surface area contributed by atoms with Gasteiger partial charge in [-0.15, -0.1) is 5.10 Å². The predicted molar refractivity (Wildman–Crippen MR) is 58.8 cm³/mol.